The molecule has 0 radical (unpaired) electrons. The van der Waals surface area contributed by atoms with E-state index in [1.165, 1.54) is 12.1 Å². The monoisotopic (exact) mass is 253 g/mol. The Balaban J connectivity index is 2.28. The molecule has 0 atom stereocenters. The van der Waals surface area contributed by atoms with E-state index >= 15 is 0 Å². The number of aromatic carboxylic acids is 1. The molecule has 2 aromatic carbocycles. The Kier molecular flexibility index (Phi) is 3.35. The number of nitrogen functional groups attached to an aromatic ring is 1. The minimum Gasteiger partial charge on any atom is -0.478 e. The number of carbonyl (C=O) groups is 1. The van der Waals surface area contributed by atoms with E-state index in [4.69, 9.17) is 16.1 Å². The van der Waals surface area contributed by atoms with Crippen LogP contribution in [0.1, 0.15) is 15.9 Å². The lowest BCUT2D eigenvalue weighted by Crippen LogP contribution is -2.01. The number of carboxylic acids is 1. The van der Waals surface area contributed by atoms with Crippen LogP contribution in [0.2, 0.25) is 0 Å². The van der Waals surface area contributed by atoms with E-state index in [9.17, 15) is 4.79 Å². The molecular weight excluding hydrogens is 242 g/mol. The van der Waals surface area contributed by atoms with Crippen molar-refractivity contribution in [3.05, 3.63) is 53.6 Å². The molecule has 0 fully saturated rings. The number of nitrogens with one attached hydrogen (secondary N) is 1. The average Bonchev–Trinajstić information content (AvgIpc) is 2.41. The first kappa shape index (κ1) is 12.5. The molecule has 0 aliphatic rings. The Morgan fingerprint density at radius 3 is 2.68 bits per heavy atom. The van der Waals surface area contributed by atoms with Crippen LogP contribution in [-0.4, -0.2) is 11.1 Å². The SMILES string of the molecule is N#Cc1cccc(Nc2ccc(C(=O)O)cc2N)c1. The molecule has 0 unspecified atom stereocenters. The number of benzene rings is 2. The van der Waals surface area contributed by atoms with E-state index in [0.29, 0.717) is 22.6 Å². The summed E-state index contributed by atoms with van der Waals surface area (Å²) < 4.78 is 0. The van der Waals surface area contributed by atoms with Crippen LogP contribution in [0.25, 0.3) is 0 Å². The van der Waals surface area contributed by atoms with Crippen molar-refractivity contribution in [2.45, 2.75) is 0 Å². The Morgan fingerprint density at radius 2 is 2.05 bits per heavy atom. The number of nitrogens with two attached hydrogens (primary N) is 1. The fourth-order valence-corrected chi connectivity index (χ4v) is 1.63. The third kappa shape index (κ3) is 2.82. The van der Waals surface area contributed by atoms with Gasteiger partial charge in [-0.3, -0.25) is 0 Å². The lowest BCUT2D eigenvalue weighted by Gasteiger charge is -2.10. The highest BCUT2D eigenvalue weighted by Gasteiger charge is 2.06. The maximum absolute atomic E-state index is 10.8. The minimum atomic E-state index is -1.02. The van der Waals surface area contributed by atoms with Gasteiger partial charge in [-0.2, -0.15) is 5.26 Å². The zero-order valence-electron chi connectivity index (χ0n) is 9.92. The Bertz CT molecular complexity index is 675. The summed E-state index contributed by atoms with van der Waals surface area (Å²) in [6, 6.07) is 13.4. The second kappa shape index (κ2) is 5.10. The molecule has 0 saturated heterocycles. The van der Waals surface area contributed by atoms with Crippen molar-refractivity contribution in [1.82, 2.24) is 0 Å². The number of anilines is 3. The highest BCUT2D eigenvalue weighted by atomic mass is 16.4. The van der Waals surface area contributed by atoms with Gasteiger partial charge in [-0.25, -0.2) is 4.79 Å². The van der Waals surface area contributed by atoms with Crippen molar-refractivity contribution < 1.29 is 9.90 Å². The van der Waals surface area contributed by atoms with Gasteiger partial charge in [-0.1, -0.05) is 6.07 Å². The van der Waals surface area contributed by atoms with Crippen LogP contribution in [0.15, 0.2) is 42.5 Å². The molecule has 0 spiro atoms. The normalized spacial score (nSPS) is 9.63. The number of rotatable bonds is 3. The van der Waals surface area contributed by atoms with Gasteiger partial charge in [0.25, 0.3) is 0 Å². The molecule has 0 bridgehead atoms. The summed E-state index contributed by atoms with van der Waals surface area (Å²) in [7, 11) is 0. The summed E-state index contributed by atoms with van der Waals surface area (Å²) in [4.78, 5) is 10.8. The summed E-state index contributed by atoms with van der Waals surface area (Å²) in [5, 5.41) is 20.7. The predicted molar refractivity (Wildman–Crippen MR) is 72.3 cm³/mol. The summed E-state index contributed by atoms with van der Waals surface area (Å²) >= 11 is 0. The second-order valence-corrected chi connectivity index (χ2v) is 3.92. The zero-order valence-corrected chi connectivity index (χ0v) is 9.92. The maximum atomic E-state index is 10.8. The van der Waals surface area contributed by atoms with Gasteiger partial charge < -0.3 is 16.2 Å². The molecule has 0 aliphatic carbocycles. The van der Waals surface area contributed by atoms with Gasteiger partial charge in [0.05, 0.1) is 28.6 Å². The van der Waals surface area contributed by atoms with Crippen LogP contribution in [-0.2, 0) is 0 Å². The van der Waals surface area contributed by atoms with Gasteiger partial charge in [-0.05, 0) is 36.4 Å². The number of nitrogens with zero attached hydrogens (tertiary/aromatic N) is 1. The molecule has 5 heteroatoms. The van der Waals surface area contributed by atoms with Crippen molar-refractivity contribution in [2.24, 2.45) is 0 Å². The first-order valence-electron chi connectivity index (χ1n) is 5.50. The lowest BCUT2D eigenvalue weighted by molar-refractivity contribution is 0.0697. The van der Waals surface area contributed by atoms with Crippen LogP contribution in [0, 0.1) is 11.3 Å². The first-order valence-corrected chi connectivity index (χ1v) is 5.50. The van der Waals surface area contributed by atoms with E-state index in [1.54, 1.807) is 30.3 Å². The molecule has 0 amide bonds. The van der Waals surface area contributed by atoms with Crippen molar-refractivity contribution in [1.29, 1.82) is 5.26 Å². The molecule has 0 saturated carbocycles. The van der Waals surface area contributed by atoms with Gasteiger partial charge in [0, 0.05) is 5.69 Å². The number of nitriles is 1. The van der Waals surface area contributed by atoms with E-state index in [1.807, 2.05) is 6.07 Å². The van der Waals surface area contributed by atoms with E-state index < -0.39 is 5.97 Å². The summed E-state index contributed by atoms with van der Waals surface area (Å²) in [5.74, 6) is -1.02. The first-order chi connectivity index (χ1) is 9.10. The fourth-order valence-electron chi connectivity index (χ4n) is 1.63. The molecule has 2 aromatic rings. The Morgan fingerprint density at radius 1 is 1.26 bits per heavy atom. The highest BCUT2D eigenvalue weighted by Crippen LogP contribution is 2.24. The minimum absolute atomic E-state index is 0.133. The molecule has 0 heterocycles. The number of hydrogen-bond acceptors (Lipinski definition) is 4. The number of carboxylic acid groups (broad SMARTS) is 1. The lowest BCUT2D eigenvalue weighted by atomic mass is 10.1. The summed E-state index contributed by atoms with van der Waals surface area (Å²) in [6.45, 7) is 0. The zero-order chi connectivity index (χ0) is 13.8. The molecule has 5 nitrogen and oxygen atoms in total. The van der Waals surface area contributed by atoms with Gasteiger partial charge >= 0.3 is 5.97 Å². The number of hydrogen-bond donors (Lipinski definition) is 3. The maximum Gasteiger partial charge on any atom is 0.335 e. The third-order valence-electron chi connectivity index (χ3n) is 2.57. The van der Waals surface area contributed by atoms with Crippen molar-refractivity contribution in [3.8, 4) is 6.07 Å². The molecule has 94 valence electrons. The van der Waals surface area contributed by atoms with Crippen molar-refractivity contribution in [2.75, 3.05) is 11.1 Å². The van der Waals surface area contributed by atoms with Gasteiger partial charge in [0.1, 0.15) is 0 Å². The second-order valence-electron chi connectivity index (χ2n) is 3.92. The quantitative estimate of drug-likeness (QED) is 0.730. The molecular formula is C14H11N3O2. The van der Waals surface area contributed by atoms with E-state index in [-0.39, 0.29) is 5.56 Å². The molecule has 2 rings (SSSR count). The van der Waals surface area contributed by atoms with Gasteiger partial charge in [0.2, 0.25) is 0 Å². The molecule has 19 heavy (non-hydrogen) atoms. The molecule has 0 aliphatic heterocycles. The van der Waals surface area contributed by atoms with E-state index in [0.717, 1.165) is 0 Å². The third-order valence-corrected chi connectivity index (χ3v) is 2.57. The molecule has 4 N–H and O–H groups in total. The fraction of sp³-hybridized carbons (Fsp3) is 0. The largest absolute Gasteiger partial charge is 0.478 e. The van der Waals surface area contributed by atoms with Crippen LogP contribution < -0.4 is 11.1 Å². The smallest absolute Gasteiger partial charge is 0.335 e. The standard InChI is InChI=1S/C14H11N3O2/c15-8-9-2-1-3-11(6-9)17-13-5-4-10(14(18)19)7-12(13)16/h1-7,17H,16H2,(H,18,19). The van der Waals surface area contributed by atoms with Gasteiger partial charge in [-0.15, -0.1) is 0 Å². The highest BCUT2D eigenvalue weighted by molar-refractivity contribution is 5.90. The topological polar surface area (TPSA) is 99.1 Å². The van der Waals surface area contributed by atoms with Crippen LogP contribution in [0.5, 0.6) is 0 Å². The van der Waals surface area contributed by atoms with Crippen LogP contribution in [0.4, 0.5) is 17.1 Å². The van der Waals surface area contributed by atoms with Crippen LogP contribution in [0.3, 0.4) is 0 Å². The van der Waals surface area contributed by atoms with Crippen LogP contribution >= 0.6 is 0 Å². The summed E-state index contributed by atoms with van der Waals surface area (Å²) in [5.41, 5.74) is 8.10. The molecule has 0 aromatic heterocycles. The van der Waals surface area contributed by atoms with Crippen molar-refractivity contribution >= 4 is 23.0 Å². The average molecular weight is 253 g/mol. The Hall–Kier alpha value is -3.00. The Labute approximate surface area is 109 Å². The van der Waals surface area contributed by atoms with E-state index in [2.05, 4.69) is 5.32 Å². The van der Waals surface area contributed by atoms with Crippen molar-refractivity contribution in [3.63, 3.8) is 0 Å². The predicted octanol–water partition coefficient (Wildman–Crippen LogP) is 2.58. The van der Waals surface area contributed by atoms with Gasteiger partial charge in [0.15, 0.2) is 0 Å². The summed E-state index contributed by atoms with van der Waals surface area (Å²) in [6.07, 6.45) is 0.